The van der Waals surface area contributed by atoms with Gasteiger partial charge in [0.15, 0.2) is 0 Å². The molecule has 0 spiro atoms. The van der Waals surface area contributed by atoms with E-state index in [0.717, 1.165) is 28.6 Å². The van der Waals surface area contributed by atoms with Gasteiger partial charge in [0.05, 0.1) is 24.6 Å². The normalized spacial score (nSPS) is 11.5. The van der Waals surface area contributed by atoms with Crippen molar-refractivity contribution >= 4 is 22.7 Å². The van der Waals surface area contributed by atoms with Gasteiger partial charge in [-0.15, -0.1) is 0 Å². The summed E-state index contributed by atoms with van der Waals surface area (Å²) >= 11 is 0. The molecule has 0 aliphatic heterocycles. The van der Waals surface area contributed by atoms with Crippen molar-refractivity contribution in [2.75, 3.05) is 12.4 Å². The molecular weight excluding hydrogens is 445 g/mol. The Morgan fingerprint density at radius 3 is 2.41 bits per heavy atom. The molecular formula is C26H23F3N2O3. The molecule has 8 heteroatoms. The number of aliphatic carboxylic acids is 1. The molecule has 176 valence electrons. The lowest BCUT2D eigenvalue weighted by atomic mass is 10.1. The van der Waals surface area contributed by atoms with Gasteiger partial charge in [0.25, 0.3) is 0 Å². The zero-order valence-corrected chi connectivity index (χ0v) is 18.4. The highest BCUT2D eigenvalue weighted by atomic mass is 19.4. The molecule has 5 nitrogen and oxygen atoms in total. The van der Waals surface area contributed by atoms with Crippen LogP contribution >= 0.6 is 0 Å². The molecule has 1 heterocycles. The zero-order chi connectivity index (χ0) is 24.3. The van der Waals surface area contributed by atoms with E-state index < -0.39 is 17.7 Å². The zero-order valence-electron chi connectivity index (χ0n) is 18.4. The van der Waals surface area contributed by atoms with E-state index in [1.807, 2.05) is 47.0 Å². The first kappa shape index (κ1) is 23.2. The molecule has 4 aromatic rings. The van der Waals surface area contributed by atoms with Gasteiger partial charge in [0.1, 0.15) is 11.6 Å². The van der Waals surface area contributed by atoms with Crippen LogP contribution in [0.2, 0.25) is 0 Å². The molecule has 0 fully saturated rings. The Hall–Kier alpha value is -3.94. The van der Waals surface area contributed by atoms with Gasteiger partial charge in [-0.25, -0.2) is 0 Å². The molecule has 0 aliphatic rings. The number of alkyl halides is 3. The summed E-state index contributed by atoms with van der Waals surface area (Å²) in [5.41, 5.74) is 2.03. The number of methoxy groups -OCH3 is 1. The number of ether oxygens (including phenoxy) is 1. The number of fused-ring (bicyclic) bond motifs is 1. The maximum absolute atomic E-state index is 13.2. The van der Waals surface area contributed by atoms with Gasteiger partial charge >= 0.3 is 12.1 Å². The van der Waals surface area contributed by atoms with Crippen LogP contribution in [0.15, 0.2) is 72.8 Å². The smallest absolute Gasteiger partial charge is 0.416 e. The summed E-state index contributed by atoms with van der Waals surface area (Å²) in [4.78, 5) is 11.7. The molecule has 0 saturated heterocycles. The minimum atomic E-state index is -4.44. The predicted molar refractivity (Wildman–Crippen MR) is 124 cm³/mol. The summed E-state index contributed by atoms with van der Waals surface area (Å²) in [7, 11) is 1.55. The fraction of sp³-hybridized carbons (Fsp3) is 0.192. The highest BCUT2D eigenvalue weighted by Crippen LogP contribution is 2.35. The van der Waals surface area contributed by atoms with Crippen molar-refractivity contribution in [2.45, 2.75) is 25.7 Å². The monoisotopic (exact) mass is 468 g/mol. The number of hydrogen-bond acceptors (Lipinski definition) is 3. The molecule has 0 radical (unpaired) electrons. The Morgan fingerprint density at radius 1 is 1.00 bits per heavy atom. The van der Waals surface area contributed by atoms with Crippen LogP contribution in [-0.4, -0.2) is 22.8 Å². The summed E-state index contributed by atoms with van der Waals surface area (Å²) in [5, 5.41) is 13.5. The number of rotatable bonds is 8. The summed E-state index contributed by atoms with van der Waals surface area (Å²) in [6.45, 7) is 0.536. The Kier molecular flexibility index (Phi) is 6.49. The summed E-state index contributed by atoms with van der Waals surface area (Å²) in [6.07, 6.45) is -4.68. The van der Waals surface area contributed by atoms with Crippen LogP contribution in [-0.2, 0) is 30.5 Å². The van der Waals surface area contributed by atoms with Gasteiger partial charge in [0.2, 0.25) is 0 Å². The number of carbonyl (C=O) groups is 1. The number of carboxylic acid groups (broad SMARTS) is 1. The molecule has 3 aromatic carbocycles. The van der Waals surface area contributed by atoms with Crippen LogP contribution in [0.3, 0.4) is 0 Å². The highest BCUT2D eigenvalue weighted by molar-refractivity contribution is 5.94. The predicted octanol–water partition coefficient (Wildman–Crippen LogP) is 5.96. The number of anilines is 1. The summed E-state index contributed by atoms with van der Waals surface area (Å²) < 4.78 is 46.8. The van der Waals surface area contributed by atoms with Crippen LogP contribution in [0.25, 0.3) is 10.9 Å². The van der Waals surface area contributed by atoms with E-state index in [1.54, 1.807) is 19.2 Å². The van der Waals surface area contributed by atoms with E-state index in [2.05, 4.69) is 5.32 Å². The van der Waals surface area contributed by atoms with Crippen molar-refractivity contribution in [3.63, 3.8) is 0 Å². The van der Waals surface area contributed by atoms with E-state index in [4.69, 9.17) is 4.74 Å². The number of carboxylic acids is 1. The number of benzene rings is 3. The van der Waals surface area contributed by atoms with Crippen LogP contribution < -0.4 is 10.1 Å². The first-order valence-corrected chi connectivity index (χ1v) is 10.6. The molecule has 2 N–H and O–H groups in total. The fourth-order valence-electron chi connectivity index (χ4n) is 4.03. The number of nitrogens with zero attached hydrogens (tertiary/aromatic N) is 1. The standard InChI is InChI=1S/C26H23F3N2O3/c1-34-20-10-11-21-22(14-24(32)33)25(30-15-18-8-5-9-19(12-18)26(27,28)29)31(23(21)13-20)16-17-6-3-2-4-7-17/h2-13,30H,14-16H2,1H3,(H,32,33). The topological polar surface area (TPSA) is 63.5 Å². The number of aromatic nitrogens is 1. The third-order valence-corrected chi connectivity index (χ3v) is 5.60. The SMILES string of the molecule is COc1ccc2c(CC(=O)O)c(NCc3cccc(C(F)(F)F)c3)n(Cc3ccccc3)c2c1. The minimum Gasteiger partial charge on any atom is -0.497 e. The maximum atomic E-state index is 13.2. The van der Waals surface area contributed by atoms with Crippen LogP contribution in [0, 0.1) is 0 Å². The van der Waals surface area contributed by atoms with Crippen molar-refractivity contribution in [1.82, 2.24) is 4.57 Å². The van der Waals surface area contributed by atoms with Crippen LogP contribution in [0.5, 0.6) is 5.75 Å². The summed E-state index contributed by atoms with van der Waals surface area (Å²) in [6, 6.07) is 20.1. The van der Waals surface area contributed by atoms with E-state index in [0.29, 0.717) is 29.2 Å². The average Bonchev–Trinajstić information content (AvgIpc) is 3.09. The molecule has 0 amide bonds. The maximum Gasteiger partial charge on any atom is 0.416 e. The van der Waals surface area contributed by atoms with E-state index in [1.165, 1.54) is 6.07 Å². The van der Waals surface area contributed by atoms with E-state index in [-0.39, 0.29) is 13.0 Å². The van der Waals surface area contributed by atoms with Gasteiger partial charge in [-0.2, -0.15) is 13.2 Å². The Morgan fingerprint density at radius 2 is 1.74 bits per heavy atom. The second-order valence-electron chi connectivity index (χ2n) is 7.90. The molecule has 34 heavy (non-hydrogen) atoms. The Labute approximate surface area is 194 Å². The number of hydrogen-bond donors (Lipinski definition) is 2. The van der Waals surface area contributed by atoms with Crippen molar-refractivity contribution < 1.29 is 27.8 Å². The van der Waals surface area contributed by atoms with Crippen LogP contribution in [0.1, 0.15) is 22.3 Å². The van der Waals surface area contributed by atoms with Crippen molar-refractivity contribution in [1.29, 1.82) is 0 Å². The van der Waals surface area contributed by atoms with Gasteiger partial charge in [-0.05, 0) is 35.4 Å². The lowest BCUT2D eigenvalue weighted by Gasteiger charge is -2.15. The third-order valence-electron chi connectivity index (χ3n) is 5.60. The lowest BCUT2D eigenvalue weighted by molar-refractivity contribution is -0.138. The molecule has 0 bridgehead atoms. The Balaban J connectivity index is 1.81. The molecule has 0 aliphatic carbocycles. The molecule has 0 atom stereocenters. The molecule has 0 unspecified atom stereocenters. The van der Waals surface area contributed by atoms with Crippen LogP contribution in [0.4, 0.5) is 19.0 Å². The average molecular weight is 468 g/mol. The number of halogens is 3. The van der Waals surface area contributed by atoms with Gasteiger partial charge in [0, 0.05) is 30.1 Å². The second kappa shape index (κ2) is 9.51. The Bertz CT molecular complexity index is 1310. The third kappa shape index (κ3) is 5.01. The molecule has 4 rings (SSSR count). The molecule has 1 aromatic heterocycles. The fourth-order valence-corrected chi connectivity index (χ4v) is 4.03. The van der Waals surface area contributed by atoms with Crippen molar-refractivity contribution in [3.8, 4) is 5.75 Å². The van der Waals surface area contributed by atoms with Crippen molar-refractivity contribution in [3.05, 3.63) is 95.1 Å². The number of nitrogens with one attached hydrogen (secondary N) is 1. The van der Waals surface area contributed by atoms with Gasteiger partial charge in [-0.3, -0.25) is 4.79 Å². The quantitative estimate of drug-likeness (QED) is 0.335. The van der Waals surface area contributed by atoms with Gasteiger partial charge in [-0.1, -0.05) is 42.5 Å². The second-order valence-corrected chi connectivity index (χ2v) is 7.90. The van der Waals surface area contributed by atoms with E-state index in [9.17, 15) is 23.1 Å². The van der Waals surface area contributed by atoms with E-state index >= 15 is 0 Å². The minimum absolute atomic E-state index is 0.0960. The largest absolute Gasteiger partial charge is 0.497 e. The first-order valence-electron chi connectivity index (χ1n) is 10.6. The van der Waals surface area contributed by atoms with Gasteiger partial charge < -0.3 is 19.7 Å². The lowest BCUT2D eigenvalue weighted by Crippen LogP contribution is -2.12. The molecule has 0 saturated carbocycles. The van der Waals surface area contributed by atoms with Crippen molar-refractivity contribution in [2.24, 2.45) is 0 Å². The first-order chi connectivity index (χ1) is 16.3. The summed E-state index contributed by atoms with van der Waals surface area (Å²) in [5.74, 6) is 0.161. The highest BCUT2D eigenvalue weighted by Gasteiger charge is 2.30.